The van der Waals surface area contributed by atoms with Crippen molar-refractivity contribution < 1.29 is 0 Å². The SMILES string of the molecule is Cc1nc(C)c(C(C)NC(C)C2CCCC2)s1. The molecule has 96 valence electrons. The van der Waals surface area contributed by atoms with E-state index in [9.17, 15) is 0 Å². The summed E-state index contributed by atoms with van der Waals surface area (Å²) in [5, 5.41) is 4.94. The van der Waals surface area contributed by atoms with Crippen LogP contribution in [0.15, 0.2) is 0 Å². The molecule has 0 bridgehead atoms. The van der Waals surface area contributed by atoms with E-state index in [2.05, 4.69) is 38.0 Å². The Hall–Kier alpha value is -0.410. The zero-order valence-electron chi connectivity index (χ0n) is 11.4. The van der Waals surface area contributed by atoms with E-state index in [0.29, 0.717) is 12.1 Å². The quantitative estimate of drug-likeness (QED) is 0.876. The minimum Gasteiger partial charge on any atom is -0.307 e. The molecule has 0 amide bonds. The van der Waals surface area contributed by atoms with Crippen molar-refractivity contribution in [3.63, 3.8) is 0 Å². The molecule has 0 aromatic carbocycles. The Balaban J connectivity index is 1.96. The Morgan fingerprint density at radius 2 is 1.88 bits per heavy atom. The molecule has 2 nitrogen and oxygen atoms in total. The van der Waals surface area contributed by atoms with E-state index in [-0.39, 0.29) is 0 Å². The smallest absolute Gasteiger partial charge is 0.0900 e. The predicted molar refractivity (Wildman–Crippen MR) is 74.6 cm³/mol. The Kier molecular flexibility index (Phi) is 4.21. The molecule has 1 aliphatic rings. The molecule has 1 aromatic rings. The van der Waals surface area contributed by atoms with Crippen LogP contribution in [0.5, 0.6) is 0 Å². The summed E-state index contributed by atoms with van der Waals surface area (Å²) >= 11 is 1.83. The lowest BCUT2D eigenvalue weighted by Crippen LogP contribution is -2.34. The van der Waals surface area contributed by atoms with Crippen molar-refractivity contribution >= 4 is 11.3 Å². The van der Waals surface area contributed by atoms with Gasteiger partial charge in [0, 0.05) is 17.0 Å². The summed E-state index contributed by atoms with van der Waals surface area (Å²) in [5.74, 6) is 0.881. The number of thiazole rings is 1. The highest BCUT2D eigenvalue weighted by molar-refractivity contribution is 7.11. The molecule has 2 unspecified atom stereocenters. The molecule has 1 fully saturated rings. The van der Waals surface area contributed by atoms with E-state index in [1.165, 1.54) is 41.3 Å². The largest absolute Gasteiger partial charge is 0.307 e. The third kappa shape index (κ3) is 3.08. The molecule has 2 rings (SSSR count). The van der Waals surface area contributed by atoms with Crippen LogP contribution in [0, 0.1) is 19.8 Å². The van der Waals surface area contributed by atoms with Gasteiger partial charge in [-0.1, -0.05) is 12.8 Å². The predicted octanol–water partition coefficient (Wildman–Crippen LogP) is 3.99. The molecule has 1 N–H and O–H groups in total. The van der Waals surface area contributed by atoms with E-state index in [4.69, 9.17) is 0 Å². The highest BCUT2D eigenvalue weighted by atomic mass is 32.1. The molecule has 0 radical (unpaired) electrons. The lowest BCUT2D eigenvalue weighted by molar-refractivity contribution is 0.354. The molecule has 1 aromatic heterocycles. The number of nitrogens with zero attached hydrogens (tertiary/aromatic N) is 1. The molecular formula is C14H24N2S. The first-order valence-electron chi connectivity index (χ1n) is 6.78. The topological polar surface area (TPSA) is 24.9 Å². The van der Waals surface area contributed by atoms with E-state index in [1.54, 1.807) is 0 Å². The van der Waals surface area contributed by atoms with Gasteiger partial charge >= 0.3 is 0 Å². The minimum absolute atomic E-state index is 0.441. The molecule has 1 aliphatic carbocycles. The van der Waals surface area contributed by atoms with Gasteiger partial charge in [0.15, 0.2) is 0 Å². The van der Waals surface area contributed by atoms with Crippen molar-refractivity contribution in [3.05, 3.63) is 15.6 Å². The standard InChI is InChI=1S/C14H24N2S/c1-9(13-7-5-6-8-13)15-10(2)14-11(3)16-12(4)17-14/h9-10,13,15H,5-8H2,1-4H3. The van der Waals surface area contributed by atoms with E-state index >= 15 is 0 Å². The Morgan fingerprint density at radius 1 is 1.24 bits per heavy atom. The van der Waals surface area contributed by atoms with Gasteiger partial charge in [-0.15, -0.1) is 11.3 Å². The number of hydrogen-bond acceptors (Lipinski definition) is 3. The van der Waals surface area contributed by atoms with Crippen LogP contribution in [0.3, 0.4) is 0 Å². The van der Waals surface area contributed by atoms with Gasteiger partial charge < -0.3 is 5.32 Å². The maximum Gasteiger partial charge on any atom is 0.0900 e. The number of aromatic nitrogens is 1. The molecule has 1 saturated carbocycles. The molecule has 0 aliphatic heterocycles. The van der Waals surface area contributed by atoms with Crippen LogP contribution in [0.1, 0.15) is 61.2 Å². The van der Waals surface area contributed by atoms with Crippen LogP contribution in [0.4, 0.5) is 0 Å². The van der Waals surface area contributed by atoms with Gasteiger partial charge in [-0.05, 0) is 46.5 Å². The number of hydrogen-bond donors (Lipinski definition) is 1. The van der Waals surface area contributed by atoms with Crippen molar-refractivity contribution in [2.45, 2.75) is 65.5 Å². The Labute approximate surface area is 109 Å². The second-order valence-corrected chi connectivity index (χ2v) is 6.64. The van der Waals surface area contributed by atoms with Crippen molar-refractivity contribution in [2.24, 2.45) is 5.92 Å². The fraction of sp³-hybridized carbons (Fsp3) is 0.786. The molecule has 1 heterocycles. The van der Waals surface area contributed by atoms with Crippen LogP contribution in [0.25, 0.3) is 0 Å². The van der Waals surface area contributed by atoms with E-state index in [1.807, 2.05) is 11.3 Å². The molecule has 2 atom stereocenters. The highest BCUT2D eigenvalue weighted by Crippen LogP contribution is 2.30. The normalized spacial score (nSPS) is 20.7. The van der Waals surface area contributed by atoms with Crippen molar-refractivity contribution in [1.82, 2.24) is 10.3 Å². The summed E-state index contributed by atoms with van der Waals surface area (Å²) < 4.78 is 0. The summed E-state index contributed by atoms with van der Waals surface area (Å²) in [4.78, 5) is 5.93. The van der Waals surface area contributed by atoms with Crippen LogP contribution in [-0.2, 0) is 0 Å². The Morgan fingerprint density at radius 3 is 2.41 bits per heavy atom. The average molecular weight is 252 g/mol. The molecule has 0 spiro atoms. The zero-order chi connectivity index (χ0) is 12.4. The zero-order valence-corrected chi connectivity index (χ0v) is 12.2. The first kappa shape index (κ1) is 13.0. The fourth-order valence-electron chi connectivity index (χ4n) is 3.01. The van der Waals surface area contributed by atoms with E-state index in [0.717, 1.165) is 5.92 Å². The number of aryl methyl sites for hydroxylation is 2. The van der Waals surface area contributed by atoms with Crippen LogP contribution >= 0.6 is 11.3 Å². The first-order valence-corrected chi connectivity index (χ1v) is 7.59. The number of rotatable bonds is 4. The summed E-state index contributed by atoms with van der Waals surface area (Å²) in [6.45, 7) is 8.83. The van der Waals surface area contributed by atoms with Gasteiger partial charge in [-0.3, -0.25) is 0 Å². The minimum atomic E-state index is 0.441. The lowest BCUT2D eigenvalue weighted by Gasteiger charge is -2.24. The summed E-state index contributed by atoms with van der Waals surface area (Å²) in [6.07, 6.45) is 5.65. The monoisotopic (exact) mass is 252 g/mol. The highest BCUT2D eigenvalue weighted by Gasteiger charge is 2.23. The average Bonchev–Trinajstić information content (AvgIpc) is 2.87. The van der Waals surface area contributed by atoms with Gasteiger partial charge in [-0.25, -0.2) is 4.98 Å². The van der Waals surface area contributed by atoms with Gasteiger partial charge in [0.05, 0.1) is 10.7 Å². The van der Waals surface area contributed by atoms with Crippen molar-refractivity contribution in [1.29, 1.82) is 0 Å². The molecule has 3 heteroatoms. The molecule has 17 heavy (non-hydrogen) atoms. The Bertz CT molecular complexity index is 366. The maximum atomic E-state index is 4.52. The third-order valence-electron chi connectivity index (χ3n) is 3.95. The summed E-state index contributed by atoms with van der Waals surface area (Å²) in [7, 11) is 0. The van der Waals surface area contributed by atoms with Crippen LogP contribution < -0.4 is 5.32 Å². The first-order chi connectivity index (χ1) is 8.08. The van der Waals surface area contributed by atoms with Gasteiger partial charge in [0.2, 0.25) is 0 Å². The summed E-state index contributed by atoms with van der Waals surface area (Å²) in [5.41, 5.74) is 1.20. The van der Waals surface area contributed by atoms with Gasteiger partial charge in [-0.2, -0.15) is 0 Å². The van der Waals surface area contributed by atoms with Crippen LogP contribution in [-0.4, -0.2) is 11.0 Å². The van der Waals surface area contributed by atoms with E-state index < -0.39 is 0 Å². The van der Waals surface area contributed by atoms with Crippen LogP contribution in [0.2, 0.25) is 0 Å². The number of nitrogens with one attached hydrogen (secondary N) is 1. The van der Waals surface area contributed by atoms with Crippen molar-refractivity contribution in [3.8, 4) is 0 Å². The second-order valence-electron chi connectivity index (χ2n) is 5.40. The second kappa shape index (κ2) is 5.49. The molecular weight excluding hydrogens is 228 g/mol. The van der Waals surface area contributed by atoms with Gasteiger partial charge in [0.1, 0.15) is 0 Å². The maximum absolute atomic E-state index is 4.52. The summed E-state index contributed by atoms with van der Waals surface area (Å²) in [6, 6.07) is 1.08. The lowest BCUT2D eigenvalue weighted by atomic mass is 9.99. The molecule has 0 saturated heterocycles. The third-order valence-corrected chi connectivity index (χ3v) is 5.21. The fourth-order valence-corrected chi connectivity index (χ4v) is 3.95. The van der Waals surface area contributed by atoms with Crippen molar-refractivity contribution in [2.75, 3.05) is 0 Å². The van der Waals surface area contributed by atoms with Gasteiger partial charge in [0.25, 0.3) is 0 Å².